The second kappa shape index (κ2) is 8.19. The summed E-state index contributed by atoms with van der Waals surface area (Å²) in [6.45, 7) is 1.50. The molecule has 0 unspecified atom stereocenters. The molecule has 0 radical (unpaired) electrons. The number of amides is 1. The predicted molar refractivity (Wildman–Crippen MR) is 120 cm³/mol. The van der Waals surface area contributed by atoms with Crippen LogP contribution in [0.5, 0.6) is 0 Å². The van der Waals surface area contributed by atoms with Crippen LogP contribution >= 0.6 is 0 Å². The third-order valence-electron chi connectivity index (χ3n) is 5.67. The molecule has 1 amide bonds. The van der Waals surface area contributed by atoms with Crippen LogP contribution in [-0.2, 0) is 0 Å². The molecule has 0 atom stereocenters. The molecule has 1 saturated heterocycles. The number of carbonyl (C=O) groups is 3. The molecular weight excluding hydrogens is 406 g/mol. The van der Waals surface area contributed by atoms with Gasteiger partial charge >= 0.3 is 0 Å². The Balaban J connectivity index is 1.43. The summed E-state index contributed by atoms with van der Waals surface area (Å²) in [6, 6.07) is 17.1. The Morgan fingerprint density at radius 3 is 2.12 bits per heavy atom. The Morgan fingerprint density at radius 2 is 1.47 bits per heavy atom. The molecular formula is C25H21N3O4. The topological polar surface area (TPSA) is 91.7 Å². The van der Waals surface area contributed by atoms with Crippen molar-refractivity contribution in [1.29, 1.82) is 0 Å². The molecule has 32 heavy (non-hydrogen) atoms. The van der Waals surface area contributed by atoms with E-state index in [-0.39, 0.29) is 23.2 Å². The highest BCUT2D eigenvalue weighted by atomic mass is 16.3. The summed E-state index contributed by atoms with van der Waals surface area (Å²) in [5, 5.41) is 5.93. The summed E-state index contributed by atoms with van der Waals surface area (Å²) in [5.74, 6) is -0.457. The van der Waals surface area contributed by atoms with Gasteiger partial charge in [0.1, 0.15) is 11.4 Å². The summed E-state index contributed by atoms with van der Waals surface area (Å²) in [6.07, 6.45) is 3.42. The largest absolute Gasteiger partial charge is 0.459 e. The van der Waals surface area contributed by atoms with Crippen molar-refractivity contribution in [3.05, 3.63) is 95.2 Å². The number of anilines is 2. The number of furan rings is 1. The molecule has 1 aliphatic heterocycles. The smallest absolute Gasteiger partial charge is 0.291 e. The second-order valence-electron chi connectivity index (χ2n) is 7.76. The second-order valence-corrected chi connectivity index (χ2v) is 7.76. The number of ketones is 2. The molecule has 2 heterocycles. The van der Waals surface area contributed by atoms with Gasteiger partial charge in [-0.05, 0) is 49.2 Å². The number of fused-ring (bicyclic) bond motifs is 1. The number of rotatable bonds is 5. The van der Waals surface area contributed by atoms with Crippen LogP contribution < -0.4 is 10.6 Å². The van der Waals surface area contributed by atoms with Crippen LogP contribution in [0, 0.1) is 0 Å². The van der Waals surface area contributed by atoms with Crippen LogP contribution in [0.3, 0.4) is 0 Å². The summed E-state index contributed by atoms with van der Waals surface area (Å²) in [5.41, 5.74) is 2.81. The van der Waals surface area contributed by atoms with Crippen LogP contribution in [0.25, 0.3) is 0 Å². The Hall–Kier alpha value is -4.13. The third-order valence-corrected chi connectivity index (χ3v) is 5.67. The first kappa shape index (κ1) is 19.8. The molecule has 0 spiro atoms. The average Bonchev–Trinajstić information content (AvgIpc) is 3.53. The van der Waals surface area contributed by atoms with Crippen molar-refractivity contribution < 1.29 is 18.8 Å². The van der Waals surface area contributed by atoms with Crippen molar-refractivity contribution in [2.24, 2.45) is 0 Å². The maximum atomic E-state index is 13.3. The summed E-state index contributed by atoms with van der Waals surface area (Å²) < 4.78 is 5.10. The van der Waals surface area contributed by atoms with Crippen molar-refractivity contribution >= 4 is 28.8 Å². The van der Waals surface area contributed by atoms with Crippen molar-refractivity contribution in [2.75, 3.05) is 23.7 Å². The first-order valence-corrected chi connectivity index (χ1v) is 10.5. The normalized spacial score (nSPS) is 15.7. The number of likely N-dealkylation sites (tertiary alicyclic amines) is 1. The van der Waals surface area contributed by atoms with Crippen LogP contribution in [0.15, 0.2) is 82.7 Å². The predicted octanol–water partition coefficient (Wildman–Crippen LogP) is 4.33. The fourth-order valence-electron chi connectivity index (χ4n) is 4.10. The quantitative estimate of drug-likeness (QED) is 0.630. The Bertz CT molecular complexity index is 1220. The number of Topliss-reactive ketones (excluding diaryl/α,β-unsaturated/α-hetero) is 2. The lowest BCUT2D eigenvalue weighted by molar-refractivity contribution is 0.0948. The molecule has 160 valence electrons. The van der Waals surface area contributed by atoms with Crippen molar-refractivity contribution in [3.8, 4) is 0 Å². The molecule has 0 saturated carbocycles. The minimum Gasteiger partial charge on any atom is -0.459 e. The lowest BCUT2D eigenvalue weighted by atomic mass is 9.89. The molecule has 0 bridgehead atoms. The fourth-order valence-corrected chi connectivity index (χ4v) is 4.10. The number of hydrogen-bond acceptors (Lipinski definition) is 6. The number of benzene rings is 2. The molecule has 3 aromatic rings. The van der Waals surface area contributed by atoms with Gasteiger partial charge < -0.3 is 20.0 Å². The minimum absolute atomic E-state index is 0.132. The molecule has 7 heteroatoms. The van der Waals surface area contributed by atoms with Gasteiger partial charge in [0.05, 0.1) is 6.26 Å². The summed E-state index contributed by atoms with van der Waals surface area (Å²) in [4.78, 5) is 40.7. The van der Waals surface area contributed by atoms with Gasteiger partial charge in [-0.1, -0.05) is 24.3 Å². The number of nitrogens with one attached hydrogen (secondary N) is 2. The van der Waals surface area contributed by atoms with Crippen molar-refractivity contribution in [2.45, 2.75) is 12.8 Å². The maximum Gasteiger partial charge on any atom is 0.291 e. The zero-order valence-electron chi connectivity index (χ0n) is 17.3. The van der Waals surface area contributed by atoms with Crippen LogP contribution in [-0.4, -0.2) is 35.5 Å². The zero-order chi connectivity index (χ0) is 22.1. The van der Waals surface area contributed by atoms with Gasteiger partial charge in [-0.3, -0.25) is 14.4 Å². The van der Waals surface area contributed by atoms with Crippen molar-refractivity contribution in [1.82, 2.24) is 4.90 Å². The molecule has 2 aromatic carbocycles. The van der Waals surface area contributed by atoms with Gasteiger partial charge in [0, 0.05) is 35.6 Å². The zero-order valence-corrected chi connectivity index (χ0v) is 17.3. The highest BCUT2D eigenvalue weighted by Crippen LogP contribution is 2.31. The highest BCUT2D eigenvalue weighted by molar-refractivity contribution is 6.27. The van der Waals surface area contributed by atoms with Gasteiger partial charge in [0.2, 0.25) is 11.6 Å². The van der Waals surface area contributed by atoms with E-state index in [1.165, 1.54) is 6.26 Å². The minimum atomic E-state index is -0.348. The van der Waals surface area contributed by atoms with E-state index in [2.05, 4.69) is 10.6 Å². The van der Waals surface area contributed by atoms with E-state index in [4.69, 9.17) is 4.42 Å². The van der Waals surface area contributed by atoms with Crippen molar-refractivity contribution in [3.63, 3.8) is 0 Å². The molecule has 1 aromatic heterocycles. The van der Waals surface area contributed by atoms with Crippen LogP contribution in [0.4, 0.5) is 11.4 Å². The first-order valence-electron chi connectivity index (χ1n) is 10.5. The van der Waals surface area contributed by atoms with Crippen LogP contribution in [0.2, 0.25) is 0 Å². The van der Waals surface area contributed by atoms with Gasteiger partial charge in [-0.2, -0.15) is 0 Å². The number of hydrogen-bond donors (Lipinski definition) is 2. The standard InChI is InChI=1S/C25H21N3O4/c29-23-18-6-1-2-7-19(18)24(30)22(28-13-3-4-14-28)21(23)26-16-9-11-17(12-10-16)27-25(31)20-8-5-15-32-20/h1-2,5-12,15,26H,3-4,13-14H2,(H,27,31). The maximum absolute atomic E-state index is 13.3. The van der Waals surface area contributed by atoms with E-state index in [9.17, 15) is 14.4 Å². The first-order chi connectivity index (χ1) is 15.6. The number of allylic oxidation sites excluding steroid dienone is 2. The van der Waals surface area contributed by atoms with Crippen LogP contribution in [0.1, 0.15) is 44.1 Å². The Kier molecular flexibility index (Phi) is 5.07. The molecule has 2 N–H and O–H groups in total. The Morgan fingerprint density at radius 1 is 0.812 bits per heavy atom. The Labute approximate surface area is 184 Å². The molecule has 1 aliphatic carbocycles. The molecule has 7 nitrogen and oxygen atoms in total. The highest BCUT2D eigenvalue weighted by Gasteiger charge is 2.36. The van der Waals surface area contributed by atoms with E-state index in [1.54, 1.807) is 60.7 Å². The van der Waals surface area contributed by atoms with E-state index in [0.717, 1.165) is 25.9 Å². The van der Waals surface area contributed by atoms with E-state index in [1.807, 2.05) is 4.90 Å². The molecule has 2 aliphatic rings. The summed E-state index contributed by atoms with van der Waals surface area (Å²) >= 11 is 0. The lowest BCUT2D eigenvalue weighted by Crippen LogP contribution is -2.35. The molecule has 5 rings (SSSR count). The molecule has 1 fully saturated rings. The van der Waals surface area contributed by atoms with Gasteiger partial charge in [0.25, 0.3) is 5.91 Å². The summed E-state index contributed by atoms with van der Waals surface area (Å²) in [7, 11) is 0. The lowest BCUT2D eigenvalue weighted by Gasteiger charge is -2.28. The average molecular weight is 427 g/mol. The van der Waals surface area contributed by atoms with E-state index in [0.29, 0.717) is 33.9 Å². The van der Waals surface area contributed by atoms with Gasteiger partial charge in [-0.15, -0.1) is 0 Å². The number of nitrogens with zero attached hydrogens (tertiary/aromatic N) is 1. The van der Waals surface area contributed by atoms with E-state index < -0.39 is 0 Å². The van der Waals surface area contributed by atoms with E-state index >= 15 is 0 Å². The SMILES string of the molecule is O=C(Nc1ccc(NC2=C(N3CCCC3)C(=O)c3ccccc3C2=O)cc1)c1ccco1. The third kappa shape index (κ3) is 3.58. The number of carbonyl (C=O) groups excluding carboxylic acids is 3. The van der Waals surface area contributed by atoms with Gasteiger partial charge in [-0.25, -0.2) is 0 Å². The fraction of sp³-hybridized carbons (Fsp3) is 0.160. The van der Waals surface area contributed by atoms with Gasteiger partial charge in [0.15, 0.2) is 5.76 Å². The monoisotopic (exact) mass is 427 g/mol.